The largest absolute Gasteiger partial charge is 0.493 e. The second kappa shape index (κ2) is 7.66. The number of rotatable bonds is 6. The monoisotopic (exact) mass is 337 g/mol. The normalized spacial score (nSPS) is 10.3. The maximum absolute atomic E-state index is 8.86. The summed E-state index contributed by atoms with van der Waals surface area (Å²) in [6.45, 7) is 2.50. The van der Waals surface area contributed by atoms with Crippen LogP contribution in [0.5, 0.6) is 5.75 Å². The quantitative estimate of drug-likeness (QED) is 0.498. The second-order valence-corrected chi connectivity index (χ2v) is 6.07. The molecule has 24 heavy (non-hydrogen) atoms. The van der Waals surface area contributed by atoms with Crippen molar-refractivity contribution in [2.75, 3.05) is 12.4 Å². The van der Waals surface area contributed by atoms with Crippen LogP contribution in [0.15, 0.2) is 58.2 Å². The van der Waals surface area contributed by atoms with Gasteiger partial charge in [0.1, 0.15) is 5.75 Å². The molecule has 0 amide bonds. The molecule has 1 aromatic heterocycles. The van der Waals surface area contributed by atoms with Gasteiger partial charge in [0.25, 0.3) is 5.22 Å². The lowest BCUT2D eigenvalue weighted by Gasteiger charge is -2.04. The second-order valence-electron chi connectivity index (χ2n) is 5.02. The summed E-state index contributed by atoms with van der Waals surface area (Å²) in [6.07, 6.45) is 0. The maximum Gasteiger partial charge on any atom is 0.276 e. The Morgan fingerprint density at radius 2 is 2.04 bits per heavy atom. The smallest absolute Gasteiger partial charge is 0.276 e. The van der Waals surface area contributed by atoms with Crippen molar-refractivity contribution < 1.29 is 9.15 Å². The number of hydrogen-bond donors (Lipinski definition) is 0. The standard InChI is InChI=1S/C18H15N3O2S/c1-13-5-2-3-8-16(13)17-20-21-18(23-17)24-10-9-22-15-7-4-6-14(11-15)12-19/h2-8,11H,9-10H2,1H3. The zero-order chi connectivity index (χ0) is 16.8. The van der Waals surface area contributed by atoms with Gasteiger partial charge in [-0.05, 0) is 36.8 Å². The fraction of sp³-hybridized carbons (Fsp3) is 0.167. The molecule has 0 saturated heterocycles. The molecule has 120 valence electrons. The van der Waals surface area contributed by atoms with Crippen LogP contribution in [0.3, 0.4) is 0 Å². The van der Waals surface area contributed by atoms with Crippen molar-refractivity contribution >= 4 is 11.8 Å². The van der Waals surface area contributed by atoms with Crippen molar-refractivity contribution in [3.05, 3.63) is 59.7 Å². The first-order valence-corrected chi connectivity index (χ1v) is 8.40. The van der Waals surface area contributed by atoms with Crippen LogP contribution in [0, 0.1) is 18.3 Å². The molecule has 3 aromatic rings. The number of thioether (sulfide) groups is 1. The van der Waals surface area contributed by atoms with Gasteiger partial charge in [0.05, 0.1) is 18.2 Å². The van der Waals surface area contributed by atoms with Crippen molar-refractivity contribution in [3.8, 4) is 23.3 Å². The number of benzene rings is 2. The van der Waals surface area contributed by atoms with Crippen molar-refractivity contribution in [1.82, 2.24) is 10.2 Å². The lowest BCUT2D eigenvalue weighted by atomic mass is 10.1. The molecule has 0 aliphatic heterocycles. The van der Waals surface area contributed by atoms with E-state index in [1.807, 2.05) is 37.3 Å². The predicted molar refractivity (Wildman–Crippen MR) is 91.8 cm³/mol. The summed E-state index contributed by atoms with van der Waals surface area (Å²) in [5.74, 6) is 1.88. The molecule has 2 aromatic carbocycles. The van der Waals surface area contributed by atoms with Crippen LogP contribution in [0.25, 0.3) is 11.5 Å². The highest BCUT2D eigenvalue weighted by atomic mass is 32.2. The van der Waals surface area contributed by atoms with Gasteiger partial charge in [-0.2, -0.15) is 5.26 Å². The minimum atomic E-state index is 0.488. The molecule has 3 rings (SSSR count). The van der Waals surface area contributed by atoms with Gasteiger partial charge >= 0.3 is 0 Å². The molecule has 0 fully saturated rings. The topological polar surface area (TPSA) is 71.9 Å². The van der Waals surface area contributed by atoms with Crippen LogP contribution in [-0.4, -0.2) is 22.6 Å². The predicted octanol–water partition coefficient (Wildman–Crippen LogP) is 4.09. The van der Waals surface area contributed by atoms with Crippen molar-refractivity contribution in [2.45, 2.75) is 12.1 Å². The van der Waals surface area contributed by atoms with E-state index in [-0.39, 0.29) is 0 Å². The number of ether oxygens (including phenoxy) is 1. The number of aryl methyl sites for hydroxylation is 1. The molecule has 6 heteroatoms. The molecule has 0 bridgehead atoms. The molecule has 0 N–H and O–H groups in total. The lowest BCUT2D eigenvalue weighted by molar-refractivity contribution is 0.343. The van der Waals surface area contributed by atoms with Gasteiger partial charge in [0, 0.05) is 11.3 Å². The Labute approximate surface area is 144 Å². The first-order chi connectivity index (χ1) is 11.8. The molecular weight excluding hydrogens is 322 g/mol. The average Bonchev–Trinajstić information content (AvgIpc) is 3.08. The highest BCUT2D eigenvalue weighted by Gasteiger charge is 2.10. The number of hydrogen-bond acceptors (Lipinski definition) is 6. The number of nitrogens with zero attached hydrogens (tertiary/aromatic N) is 3. The molecule has 5 nitrogen and oxygen atoms in total. The van der Waals surface area contributed by atoms with Crippen molar-refractivity contribution in [2.24, 2.45) is 0 Å². The molecule has 0 aliphatic rings. The molecule has 0 spiro atoms. The highest BCUT2D eigenvalue weighted by molar-refractivity contribution is 7.99. The first-order valence-electron chi connectivity index (χ1n) is 7.41. The molecule has 0 saturated carbocycles. The fourth-order valence-corrected chi connectivity index (χ4v) is 2.71. The van der Waals surface area contributed by atoms with Gasteiger partial charge in [0.2, 0.25) is 5.89 Å². The van der Waals surface area contributed by atoms with E-state index in [4.69, 9.17) is 14.4 Å². The van der Waals surface area contributed by atoms with E-state index in [0.717, 1.165) is 11.1 Å². The summed E-state index contributed by atoms with van der Waals surface area (Å²) in [4.78, 5) is 0. The molecule has 0 atom stereocenters. The van der Waals surface area contributed by atoms with Crippen LogP contribution in [-0.2, 0) is 0 Å². The summed E-state index contributed by atoms with van der Waals surface area (Å²) in [5.41, 5.74) is 2.62. The van der Waals surface area contributed by atoms with E-state index in [2.05, 4.69) is 16.3 Å². The van der Waals surface area contributed by atoms with Crippen LogP contribution in [0.2, 0.25) is 0 Å². The Morgan fingerprint density at radius 3 is 2.88 bits per heavy atom. The van der Waals surface area contributed by atoms with Gasteiger partial charge in [-0.25, -0.2) is 0 Å². The van der Waals surface area contributed by atoms with E-state index >= 15 is 0 Å². The van der Waals surface area contributed by atoms with E-state index < -0.39 is 0 Å². The molecule has 0 aliphatic carbocycles. The zero-order valence-corrected chi connectivity index (χ0v) is 13.9. The van der Waals surface area contributed by atoms with E-state index in [0.29, 0.717) is 34.8 Å². The van der Waals surface area contributed by atoms with Crippen molar-refractivity contribution in [3.63, 3.8) is 0 Å². The van der Waals surface area contributed by atoms with Gasteiger partial charge in [-0.15, -0.1) is 10.2 Å². The minimum absolute atomic E-state index is 0.488. The van der Waals surface area contributed by atoms with Gasteiger partial charge < -0.3 is 9.15 Å². The van der Waals surface area contributed by atoms with Gasteiger partial charge in [-0.1, -0.05) is 36.0 Å². The van der Waals surface area contributed by atoms with Gasteiger partial charge in [-0.3, -0.25) is 0 Å². The molecular formula is C18H15N3O2S. The van der Waals surface area contributed by atoms with E-state index in [1.54, 1.807) is 18.2 Å². The fourth-order valence-electron chi connectivity index (χ4n) is 2.13. The van der Waals surface area contributed by atoms with E-state index in [9.17, 15) is 0 Å². The molecule has 0 unspecified atom stereocenters. The Bertz CT molecular complexity index is 870. The van der Waals surface area contributed by atoms with Crippen LogP contribution in [0.4, 0.5) is 0 Å². The SMILES string of the molecule is Cc1ccccc1-c1nnc(SCCOc2cccc(C#N)c2)o1. The maximum atomic E-state index is 8.86. The van der Waals surface area contributed by atoms with Gasteiger partial charge in [0.15, 0.2) is 0 Å². The number of aromatic nitrogens is 2. The first kappa shape index (κ1) is 16.1. The third-order valence-electron chi connectivity index (χ3n) is 3.32. The van der Waals surface area contributed by atoms with E-state index in [1.165, 1.54) is 11.8 Å². The third kappa shape index (κ3) is 3.94. The summed E-state index contributed by atoms with van der Waals surface area (Å²) in [6, 6.07) is 17.1. The summed E-state index contributed by atoms with van der Waals surface area (Å²) < 4.78 is 11.3. The Morgan fingerprint density at radius 1 is 1.17 bits per heavy atom. The summed E-state index contributed by atoms with van der Waals surface area (Å²) >= 11 is 1.44. The lowest BCUT2D eigenvalue weighted by Crippen LogP contribution is -2.00. The zero-order valence-electron chi connectivity index (χ0n) is 13.1. The Balaban J connectivity index is 1.53. The third-order valence-corrected chi connectivity index (χ3v) is 4.11. The summed E-state index contributed by atoms with van der Waals surface area (Å²) in [7, 11) is 0. The highest BCUT2D eigenvalue weighted by Crippen LogP contribution is 2.25. The van der Waals surface area contributed by atoms with Crippen molar-refractivity contribution in [1.29, 1.82) is 5.26 Å². The molecule has 1 heterocycles. The Hall–Kier alpha value is -2.78. The molecule has 0 radical (unpaired) electrons. The van der Waals surface area contributed by atoms with Crippen LogP contribution >= 0.6 is 11.8 Å². The minimum Gasteiger partial charge on any atom is -0.493 e. The average molecular weight is 337 g/mol. The number of nitriles is 1. The Kier molecular flexibility index (Phi) is 5.14. The summed E-state index contributed by atoms with van der Waals surface area (Å²) in [5, 5.41) is 17.5. The van der Waals surface area contributed by atoms with Crippen LogP contribution in [0.1, 0.15) is 11.1 Å². The van der Waals surface area contributed by atoms with Crippen LogP contribution < -0.4 is 4.74 Å².